The van der Waals surface area contributed by atoms with Crippen molar-refractivity contribution in [3.63, 3.8) is 0 Å². The Morgan fingerprint density at radius 1 is 1.12 bits per heavy atom. The molecular formula is C20H23NO3. The summed E-state index contributed by atoms with van der Waals surface area (Å²) < 4.78 is 11.2. The fourth-order valence-electron chi connectivity index (χ4n) is 2.04. The lowest BCUT2D eigenvalue weighted by molar-refractivity contribution is 0.102. The lowest BCUT2D eigenvalue weighted by Crippen LogP contribution is -2.13. The van der Waals surface area contributed by atoms with Crippen molar-refractivity contribution < 1.29 is 14.3 Å². The monoisotopic (exact) mass is 325 g/mol. The highest BCUT2D eigenvalue weighted by Crippen LogP contribution is 2.25. The summed E-state index contributed by atoms with van der Waals surface area (Å²) in [7, 11) is 0. The Morgan fingerprint density at radius 3 is 2.67 bits per heavy atom. The number of nitrogens with one attached hydrogen (secondary N) is 1. The normalized spacial score (nSPS) is 10.1. The van der Waals surface area contributed by atoms with Gasteiger partial charge in [0.05, 0.1) is 12.3 Å². The van der Waals surface area contributed by atoms with Crippen LogP contribution in [-0.4, -0.2) is 19.1 Å². The third kappa shape index (κ3) is 5.16. The van der Waals surface area contributed by atoms with Gasteiger partial charge in [-0.15, -0.1) is 0 Å². The predicted molar refractivity (Wildman–Crippen MR) is 96.9 cm³/mol. The summed E-state index contributed by atoms with van der Waals surface area (Å²) in [6.45, 7) is 8.79. The molecule has 0 radical (unpaired) electrons. The van der Waals surface area contributed by atoms with E-state index in [1.165, 1.54) is 0 Å². The number of anilines is 1. The highest BCUT2D eigenvalue weighted by Gasteiger charge is 2.10. The zero-order valence-corrected chi connectivity index (χ0v) is 14.2. The number of hydrogen-bond donors (Lipinski definition) is 1. The minimum absolute atomic E-state index is 0.205. The van der Waals surface area contributed by atoms with Gasteiger partial charge in [0.25, 0.3) is 5.91 Å². The van der Waals surface area contributed by atoms with Crippen molar-refractivity contribution in [2.45, 2.75) is 20.3 Å². The van der Waals surface area contributed by atoms with Gasteiger partial charge in [0.1, 0.15) is 18.1 Å². The molecule has 0 heterocycles. The van der Waals surface area contributed by atoms with E-state index >= 15 is 0 Å². The molecular weight excluding hydrogens is 302 g/mol. The van der Waals surface area contributed by atoms with Gasteiger partial charge in [-0.3, -0.25) is 4.79 Å². The Hall–Kier alpha value is -2.75. The number of rotatable bonds is 8. The first-order valence-electron chi connectivity index (χ1n) is 8.00. The van der Waals surface area contributed by atoms with Crippen molar-refractivity contribution >= 4 is 11.6 Å². The van der Waals surface area contributed by atoms with Crippen molar-refractivity contribution in [2.24, 2.45) is 0 Å². The molecule has 0 spiro atoms. The first-order valence-corrected chi connectivity index (χ1v) is 8.00. The number of hydrogen-bond acceptors (Lipinski definition) is 3. The average molecular weight is 325 g/mol. The maximum Gasteiger partial charge on any atom is 0.255 e. The lowest BCUT2D eigenvalue weighted by Gasteiger charge is -2.13. The molecule has 126 valence electrons. The van der Waals surface area contributed by atoms with Gasteiger partial charge in [-0.1, -0.05) is 31.7 Å². The predicted octanol–water partition coefficient (Wildman–Crippen LogP) is 4.68. The van der Waals surface area contributed by atoms with Crippen LogP contribution in [0.4, 0.5) is 5.69 Å². The number of carbonyl (C=O) groups is 1. The van der Waals surface area contributed by atoms with Gasteiger partial charge in [-0.2, -0.15) is 0 Å². The van der Waals surface area contributed by atoms with Gasteiger partial charge in [-0.25, -0.2) is 0 Å². The molecule has 4 nitrogen and oxygen atoms in total. The van der Waals surface area contributed by atoms with Crippen molar-refractivity contribution in [1.29, 1.82) is 0 Å². The molecule has 2 rings (SSSR count). The minimum Gasteiger partial charge on any atom is -0.494 e. The van der Waals surface area contributed by atoms with Crippen LogP contribution in [0.5, 0.6) is 11.5 Å². The first-order chi connectivity index (χ1) is 11.6. The van der Waals surface area contributed by atoms with Crippen LogP contribution in [-0.2, 0) is 0 Å². The molecule has 0 aliphatic carbocycles. The zero-order chi connectivity index (χ0) is 17.4. The van der Waals surface area contributed by atoms with E-state index in [0.29, 0.717) is 36.0 Å². The number of benzene rings is 2. The fourth-order valence-corrected chi connectivity index (χ4v) is 2.04. The Balaban J connectivity index is 2.10. The second kappa shape index (κ2) is 8.77. The summed E-state index contributed by atoms with van der Waals surface area (Å²) in [6.07, 6.45) is 0.920. The van der Waals surface area contributed by atoms with Crippen LogP contribution >= 0.6 is 0 Å². The molecule has 0 saturated carbocycles. The quantitative estimate of drug-likeness (QED) is 0.717. The molecule has 4 heteroatoms. The summed E-state index contributed by atoms with van der Waals surface area (Å²) in [6, 6.07) is 14.5. The van der Waals surface area contributed by atoms with Crippen LogP contribution < -0.4 is 14.8 Å². The standard InChI is InChI=1S/C20H23NO3/c1-4-12-23-17-9-7-8-16(13-17)20(22)21-18-10-5-6-11-19(18)24-14-15(2)3/h5-11,13H,2,4,12,14H2,1,3H3,(H,21,22). The largest absolute Gasteiger partial charge is 0.494 e. The second-order valence-electron chi connectivity index (χ2n) is 5.57. The molecule has 0 unspecified atom stereocenters. The Bertz CT molecular complexity index is 710. The number of para-hydroxylation sites is 2. The molecule has 0 aromatic heterocycles. The smallest absolute Gasteiger partial charge is 0.255 e. The van der Waals surface area contributed by atoms with Crippen molar-refractivity contribution in [3.8, 4) is 11.5 Å². The molecule has 0 aliphatic heterocycles. The molecule has 0 fully saturated rings. The number of ether oxygens (including phenoxy) is 2. The van der Waals surface area contributed by atoms with Crippen LogP contribution in [0.25, 0.3) is 0 Å². The highest BCUT2D eigenvalue weighted by molar-refractivity contribution is 6.05. The van der Waals surface area contributed by atoms with E-state index in [1.807, 2.05) is 50.2 Å². The average Bonchev–Trinajstić information content (AvgIpc) is 2.59. The molecule has 2 aromatic carbocycles. The number of carbonyl (C=O) groups excluding carboxylic acids is 1. The van der Waals surface area contributed by atoms with Crippen molar-refractivity contribution in [3.05, 3.63) is 66.2 Å². The summed E-state index contributed by atoms with van der Waals surface area (Å²) in [5.41, 5.74) is 2.08. The lowest BCUT2D eigenvalue weighted by atomic mass is 10.2. The molecule has 24 heavy (non-hydrogen) atoms. The van der Waals surface area contributed by atoms with Gasteiger partial charge in [0.15, 0.2) is 0 Å². The SMILES string of the molecule is C=C(C)COc1ccccc1NC(=O)c1cccc(OCCC)c1. The molecule has 1 amide bonds. The third-order valence-corrected chi connectivity index (χ3v) is 3.18. The van der Waals surface area contributed by atoms with Crippen molar-refractivity contribution in [1.82, 2.24) is 0 Å². The molecule has 1 N–H and O–H groups in total. The Labute approximate surface area is 143 Å². The van der Waals surface area contributed by atoms with E-state index in [9.17, 15) is 4.79 Å². The topological polar surface area (TPSA) is 47.6 Å². The van der Waals surface area contributed by atoms with Gasteiger partial charge in [0, 0.05) is 5.56 Å². The summed E-state index contributed by atoms with van der Waals surface area (Å²) in [4.78, 5) is 12.5. The molecule has 0 saturated heterocycles. The van der Waals surface area contributed by atoms with E-state index in [4.69, 9.17) is 9.47 Å². The minimum atomic E-state index is -0.205. The van der Waals surface area contributed by atoms with Crippen LogP contribution in [0.3, 0.4) is 0 Å². The van der Waals surface area contributed by atoms with E-state index in [2.05, 4.69) is 11.9 Å². The van der Waals surface area contributed by atoms with Crippen LogP contribution in [0.1, 0.15) is 30.6 Å². The van der Waals surface area contributed by atoms with Crippen molar-refractivity contribution in [2.75, 3.05) is 18.5 Å². The summed E-state index contributed by atoms with van der Waals surface area (Å²) in [5, 5.41) is 2.88. The van der Waals surface area contributed by atoms with E-state index in [1.54, 1.807) is 12.1 Å². The fraction of sp³-hybridized carbons (Fsp3) is 0.250. The third-order valence-electron chi connectivity index (χ3n) is 3.18. The van der Waals surface area contributed by atoms with Crippen LogP contribution in [0, 0.1) is 0 Å². The molecule has 0 bridgehead atoms. The van der Waals surface area contributed by atoms with E-state index in [-0.39, 0.29) is 5.91 Å². The zero-order valence-electron chi connectivity index (χ0n) is 14.2. The maximum atomic E-state index is 12.5. The van der Waals surface area contributed by atoms with Gasteiger partial charge in [-0.05, 0) is 49.2 Å². The summed E-state index contributed by atoms with van der Waals surface area (Å²) in [5.74, 6) is 1.10. The molecule has 2 aromatic rings. The molecule has 0 atom stereocenters. The van der Waals surface area contributed by atoms with E-state index in [0.717, 1.165) is 12.0 Å². The van der Waals surface area contributed by atoms with Crippen LogP contribution in [0.2, 0.25) is 0 Å². The van der Waals surface area contributed by atoms with E-state index < -0.39 is 0 Å². The van der Waals surface area contributed by atoms with Gasteiger partial charge >= 0.3 is 0 Å². The maximum absolute atomic E-state index is 12.5. The Morgan fingerprint density at radius 2 is 1.92 bits per heavy atom. The highest BCUT2D eigenvalue weighted by atomic mass is 16.5. The first kappa shape index (κ1) is 17.6. The van der Waals surface area contributed by atoms with Gasteiger partial charge in [0.2, 0.25) is 0 Å². The summed E-state index contributed by atoms with van der Waals surface area (Å²) >= 11 is 0. The molecule has 0 aliphatic rings. The van der Waals surface area contributed by atoms with Crippen LogP contribution in [0.15, 0.2) is 60.7 Å². The Kier molecular flexibility index (Phi) is 6.43. The second-order valence-corrected chi connectivity index (χ2v) is 5.57. The van der Waals surface area contributed by atoms with Gasteiger partial charge < -0.3 is 14.8 Å². The number of amides is 1.